The molecule has 1 unspecified atom stereocenters. The molecular weight excluding hydrogens is 345 g/mol. The second-order valence-corrected chi connectivity index (χ2v) is 7.23. The minimum absolute atomic E-state index is 0.0967. The maximum atomic E-state index is 12.5. The topological polar surface area (TPSA) is 56.7 Å². The SMILES string of the molecule is CCNC(=NCCCCC(F)(F)F)NC1CCN(C(=O)C2CCCC2)C1. The van der Waals surface area contributed by atoms with E-state index in [4.69, 9.17) is 0 Å². The fourth-order valence-corrected chi connectivity index (χ4v) is 3.65. The predicted octanol–water partition coefficient (Wildman–Crippen LogP) is 3.07. The third kappa shape index (κ3) is 7.03. The Morgan fingerprint density at radius 3 is 2.58 bits per heavy atom. The molecule has 1 aliphatic heterocycles. The number of amides is 1. The molecule has 1 amide bonds. The van der Waals surface area contributed by atoms with Crippen molar-refractivity contribution in [1.29, 1.82) is 0 Å². The van der Waals surface area contributed by atoms with Crippen molar-refractivity contribution in [3.63, 3.8) is 0 Å². The van der Waals surface area contributed by atoms with Crippen molar-refractivity contribution >= 4 is 11.9 Å². The zero-order valence-corrected chi connectivity index (χ0v) is 15.6. The van der Waals surface area contributed by atoms with Crippen molar-refractivity contribution in [2.45, 2.75) is 70.5 Å². The van der Waals surface area contributed by atoms with E-state index in [0.717, 1.165) is 38.6 Å². The third-order valence-corrected chi connectivity index (χ3v) is 5.03. The summed E-state index contributed by atoms with van der Waals surface area (Å²) >= 11 is 0. The van der Waals surface area contributed by atoms with E-state index >= 15 is 0 Å². The van der Waals surface area contributed by atoms with Gasteiger partial charge < -0.3 is 15.5 Å². The number of carbonyl (C=O) groups is 1. The van der Waals surface area contributed by atoms with Crippen LogP contribution in [0.15, 0.2) is 4.99 Å². The van der Waals surface area contributed by atoms with E-state index < -0.39 is 12.6 Å². The van der Waals surface area contributed by atoms with E-state index in [1.165, 1.54) is 0 Å². The number of hydrogen-bond acceptors (Lipinski definition) is 2. The van der Waals surface area contributed by atoms with Crippen molar-refractivity contribution in [3.8, 4) is 0 Å². The predicted molar refractivity (Wildman–Crippen MR) is 96.0 cm³/mol. The Hall–Kier alpha value is -1.47. The van der Waals surface area contributed by atoms with Crippen molar-refractivity contribution in [3.05, 3.63) is 0 Å². The molecule has 1 atom stereocenters. The molecule has 0 aromatic heterocycles. The van der Waals surface area contributed by atoms with E-state index in [1.807, 2.05) is 11.8 Å². The first kappa shape index (κ1) is 20.8. The zero-order valence-electron chi connectivity index (χ0n) is 15.6. The molecule has 2 aliphatic rings. The first-order valence-electron chi connectivity index (χ1n) is 9.79. The maximum absolute atomic E-state index is 12.5. The molecule has 1 saturated heterocycles. The normalized spacial score (nSPS) is 22.1. The van der Waals surface area contributed by atoms with Crippen molar-refractivity contribution in [2.24, 2.45) is 10.9 Å². The Balaban J connectivity index is 1.74. The molecule has 0 radical (unpaired) electrons. The first-order valence-corrected chi connectivity index (χ1v) is 9.79. The number of halogens is 3. The largest absolute Gasteiger partial charge is 0.389 e. The van der Waals surface area contributed by atoms with Crippen LogP contribution in [-0.4, -0.2) is 55.2 Å². The molecule has 2 N–H and O–H groups in total. The van der Waals surface area contributed by atoms with E-state index in [0.29, 0.717) is 32.0 Å². The number of hydrogen-bond donors (Lipinski definition) is 2. The molecule has 150 valence electrons. The summed E-state index contributed by atoms with van der Waals surface area (Å²) in [5.41, 5.74) is 0. The number of unbranched alkanes of at least 4 members (excludes halogenated alkanes) is 1. The standard InChI is InChI=1S/C18H31F3N4O/c1-2-22-17(23-11-6-5-10-18(19,20)21)24-15-9-12-25(13-15)16(26)14-7-3-4-8-14/h14-15H,2-13H2,1H3,(H2,22,23,24). The van der Waals surface area contributed by atoms with Gasteiger partial charge in [-0.25, -0.2) is 0 Å². The lowest BCUT2D eigenvalue weighted by Gasteiger charge is -2.21. The number of guanidine groups is 1. The third-order valence-electron chi connectivity index (χ3n) is 5.03. The quantitative estimate of drug-likeness (QED) is 0.408. The molecule has 0 bridgehead atoms. The molecule has 2 fully saturated rings. The molecule has 26 heavy (non-hydrogen) atoms. The Kier molecular flexibility index (Phi) is 8.03. The average molecular weight is 376 g/mol. The second kappa shape index (κ2) is 10.0. The summed E-state index contributed by atoms with van der Waals surface area (Å²) in [5, 5.41) is 6.45. The van der Waals surface area contributed by atoms with Gasteiger partial charge in [0.25, 0.3) is 0 Å². The van der Waals surface area contributed by atoms with Gasteiger partial charge in [-0.1, -0.05) is 12.8 Å². The number of nitrogens with zero attached hydrogens (tertiary/aromatic N) is 2. The second-order valence-electron chi connectivity index (χ2n) is 7.23. The summed E-state index contributed by atoms with van der Waals surface area (Å²) in [4.78, 5) is 18.8. The van der Waals surface area contributed by atoms with Gasteiger partial charge in [0.15, 0.2) is 5.96 Å². The fourth-order valence-electron chi connectivity index (χ4n) is 3.65. The summed E-state index contributed by atoms with van der Waals surface area (Å²) in [6, 6.07) is 0.147. The van der Waals surface area contributed by atoms with Crippen LogP contribution in [-0.2, 0) is 4.79 Å². The maximum Gasteiger partial charge on any atom is 0.389 e. The van der Waals surface area contributed by atoms with Gasteiger partial charge >= 0.3 is 6.18 Å². The molecule has 2 rings (SSSR count). The first-order chi connectivity index (χ1) is 12.4. The lowest BCUT2D eigenvalue weighted by molar-refractivity contribution is -0.135. The molecule has 0 spiro atoms. The van der Waals surface area contributed by atoms with Crippen LogP contribution in [0.3, 0.4) is 0 Å². The molecule has 1 saturated carbocycles. The van der Waals surface area contributed by atoms with Crippen molar-refractivity contribution in [1.82, 2.24) is 15.5 Å². The van der Waals surface area contributed by atoms with Gasteiger partial charge in [0.1, 0.15) is 0 Å². The van der Waals surface area contributed by atoms with E-state index in [1.54, 1.807) is 0 Å². The Morgan fingerprint density at radius 1 is 1.19 bits per heavy atom. The minimum atomic E-state index is -4.09. The molecule has 1 aliphatic carbocycles. The number of nitrogens with one attached hydrogen (secondary N) is 2. The van der Waals surface area contributed by atoms with Gasteiger partial charge in [-0.05, 0) is 39.0 Å². The van der Waals surface area contributed by atoms with Crippen molar-refractivity contribution in [2.75, 3.05) is 26.2 Å². The Labute approximate surface area is 153 Å². The van der Waals surface area contributed by atoms with E-state index in [9.17, 15) is 18.0 Å². The smallest absolute Gasteiger partial charge is 0.357 e. The van der Waals surface area contributed by atoms with Gasteiger partial charge in [0.2, 0.25) is 5.91 Å². The van der Waals surface area contributed by atoms with E-state index in [-0.39, 0.29) is 24.3 Å². The lowest BCUT2D eigenvalue weighted by atomic mass is 10.1. The highest BCUT2D eigenvalue weighted by atomic mass is 19.4. The average Bonchev–Trinajstić information content (AvgIpc) is 3.25. The molecule has 0 aromatic carbocycles. The van der Waals surface area contributed by atoms with Crippen LogP contribution in [0.1, 0.15) is 58.3 Å². The van der Waals surface area contributed by atoms with Crippen molar-refractivity contribution < 1.29 is 18.0 Å². The summed E-state index contributed by atoms with van der Waals surface area (Å²) < 4.78 is 36.5. The summed E-state index contributed by atoms with van der Waals surface area (Å²) in [5.74, 6) is 1.10. The van der Waals surface area contributed by atoms with Gasteiger partial charge in [0.05, 0.1) is 0 Å². The fraction of sp³-hybridized carbons (Fsp3) is 0.889. The van der Waals surface area contributed by atoms with Crippen LogP contribution in [0.5, 0.6) is 0 Å². The molecule has 1 heterocycles. The van der Waals surface area contributed by atoms with Gasteiger partial charge in [-0.3, -0.25) is 9.79 Å². The summed E-state index contributed by atoms with van der Waals surface area (Å²) in [6.45, 7) is 4.44. The Bertz CT molecular complexity index is 476. The molecule has 8 heteroatoms. The molecule has 5 nitrogen and oxygen atoms in total. The molecular formula is C18H31F3N4O. The van der Waals surface area contributed by atoms with E-state index in [2.05, 4.69) is 15.6 Å². The number of carbonyl (C=O) groups excluding carboxylic acids is 1. The van der Waals surface area contributed by atoms with Crippen LogP contribution in [0.4, 0.5) is 13.2 Å². The number of rotatable bonds is 7. The van der Waals surface area contributed by atoms with Gasteiger partial charge in [-0.2, -0.15) is 13.2 Å². The summed E-state index contributed by atoms with van der Waals surface area (Å²) in [7, 11) is 0. The van der Waals surface area contributed by atoms with Crippen LogP contribution < -0.4 is 10.6 Å². The van der Waals surface area contributed by atoms with Gasteiger partial charge in [0, 0.05) is 44.6 Å². The molecule has 0 aromatic rings. The van der Waals surface area contributed by atoms with Crippen LogP contribution in [0, 0.1) is 5.92 Å². The van der Waals surface area contributed by atoms with Crippen LogP contribution >= 0.6 is 0 Å². The lowest BCUT2D eigenvalue weighted by Crippen LogP contribution is -2.45. The highest BCUT2D eigenvalue weighted by molar-refractivity contribution is 5.81. The number of likely N-dealkylation sites (tertiary alicyclic amines) is 1. The minimum Gasteiger partial charge on any atom is -0.357 e. The summed E-state index contributed by atoms with van der Waals surface area (Å²) in [6.07, 6.45) is 0.850. The van der Waals surface area contributed by atoms with Crippen LogP contribution in [0.2, 0.25) is 0 Å². The number of aliphatic imine (C=N–C) groups is 1. The van der Waals surface area contributed by atoms with Gasteiger partial charge in [-0.15, -0.1) is 0 Å². The highest BCUT2D eigenvalue weighted by Crippen LogP contribution is 2.27. The van der Waals surface area contributed by atoms with Crippen LogP contribution in [0.25, 0.3) is 0 Å². The monoisotopic (exact) mass is 376 g/mol. The zero-order chi connectivity index (χ0) is 19.0. The highest BCUT2D eigenvalue weighted by Gasteiger charge is 2.32. The number of alkyl halides is 3. The Morgan fingerprint density at radius 2 is 1.92 bits per heavy atom.